The quantitative estimate of drug-likeness (QED) is 0.512. The number of anilines is 1. The van der Waals surface area contributed by atoms with Gasteiger partial charge in [-0.1, -0.05) is 30.0 Å². The molecule has 0 aliphatic carbocycles. The molecule has 10 heteroatoms. The molecule has 158 valence electrons. The number of thioether (sulfide) groups is 1. The highest BCUT2D eigenvalue weighted by molar-refractivity contribution is 8.26. The minimum Gasteiger partial charge on any atom is -0.395 e. The molecule has 2 aliphatic heterocycles. The Morgan fingerprint density at radius 3 is 3.03 bits per heavy atom. The molecule has 2 saturated heterocycles. The van der Waals surface area contributed by atoms with Gasteiger partial charge in [0.2, 0.25) is 0 Å². The van der Waals surface area contributed by atoms with E-state index in [0.29, 0.717) is 33.8 Å². The van der Waals surface area contributed by atoms with Crippen molar-refractivity contribution in [1.29, 1.82) is 0 Å². The minimum absolute atomic E-state index is 0.00966. The van der Waals surface area contributed by atoms with Crippen LogP contribution in [0.2, 0.25) is 0 Å². The molecule has 8 nitrogen and oxygen atoms in total. The zero-order chi connectivity index (χ0) is 21.3. The standard InChI is InChI=1S/C20H22N4O4S2/c1-12-4-2-7-23-17(12)22-16(21-6-8-25)14(18(23)26)10-15-19(27)24(20(29)30-15)11-13-5-3-9-28-13/h2,4,7,10,13,21,25H,3,5-6,8-9,11H2,1H3/b15-10+/t13-/m0/s1. The van der Waals surface area contributed by atoms with Gasteiger partial charge >= 0.3 is 0 Å². The lowest BCUT2D eigenvalue weighted by atomic mass is 10.2. The first-order valence-corrected chi connectivity index (χ1v) is 11.0. The fraction of sp³-hybridized carbons (Fsp3) is 0.400. The van der Waals surface area contributed by atoms with E-state index >= 15 is 0 Å². The Bertz CT molecular complexity index is 1090. The van der Waals surface area contributed by atoms with E-state index < -0.39 is 0 Å². The molecule has 0 radical (unpaired) electrons. The monoisotopic (exact) mass is 446 g/mol. The first kappa shape index (κ1) is 21.0. The molecule has 2 fully saturated rings. The van der Waals surface area contributed by atoms with Crippen molar-refractivity contribution in [2.24, 2.45) is 0 Å². The van der Waals surface area contributed by atoms with Gasteiger partial charge in [0.05, 0.1) is 29.7 Å². The molecule has 4 rings (SSSR count). The van der Waals surface area contributed by atoms with Crippen LogP contribution < -0.4 is 10.9 Å². The molecule has 0 saturated carbocycles. The van der Waals surface area contributed by atoms with E-state index in [1.165, 1.54) is 16.2 Å². The summed E-state index contributed by atoms with van der Waals surface area (Å²) in [5, 5.41) is 12.2. The fourth-order valence-corrected chi connectivity index (χ4v) is 4.79. The number of carbonyl (C=O) groups is 1. The van der Waals surface area contributed by atoms with Crippen molar-refractivity contribution in [3.8, 4) is 0 Å². The molecule has 1 atom stereocenters. The average molecular weight is 447 g/mol. The molecule has 30 heavy (non-hydrogen) atoms. The average Bonchev–Trinajstić information content (AvgIpc) is 3.33. The number of rotatable bonds is 6. The summed E-state index contributed by atoms with van der Waals surface area (Å²) >= 11 is 6.57. The summed E-state index contributed by atoms with van der Waals surface area (Å²) in [5.41, 5.74) is 1.32. The highest BCUT2D eigenvalue weighted by Crippen LogP contribution is 2.34. The number of aliphatic hydroxyl groups is 1. The number of nitrogens with zero attached hydrogens (tertiary/aromatic N) is 3. The van der Waals surface area contributed by atoms with E-state index in [1.54, 1.807) is 23.2 Å². The maximum atomic E-state index is 13.2. The molecular formula is C20H22N4O4S2. The zero-order valence-electron chi connectivity index (χ0n) is 16.5. The van der Waals surface area contributed by atoms with Crippen LogP contribution in [0.1, 0.15) is 24.0 Å². The Labute approximate surface area is 182 Å². The van der Waals surface area contributed by atoms with Gasteiger partial charge in [-0.2, -0.15) is 0 Å². The Morgan fingerprint density at radius 1 is 1.47 bits per heavy atom. The number of thiocarbonyl (C=S) groups is 1. The smallest absolute Gasteiger partial charge is 0.267 e. The highest BCUT2D eigenvalue weighted by atomic mass is 32.2. The van der Waals surface area contributed by atoms with Crippen LogP contribution in [-0.2, 0) is 9.53 Å². The number of fused-ring (bicyclic) bond motifs is 1. The van der Waals surface area contributed by atoms with E-state index in [9.17, 15) is 14.7 Å². The van der Waals surface area contributed by atoms with Crippen LogP contribution >= 0.6 is 24.0 Å². The van der Waals surface area contributed by atoms with Crippen molar-refractivity contribution in [2.75, 3.05) is 31.6 Å². The van der Waals surface area contributed by atoms with Crippen molar-refractivity contribution in [1.82, 2.24) is 14.3 Å². The molecule has 0 aromatic carbocycles. The third-order valence-electron chi connectivity index (χ3n) is 5.05. The summed E-state index contributed by atoms with van der Waals surface area (Å²) in [7, 11) is 0. The van der Waals surface area contributed by atoms with Crippen LogP contribution in [-0.4, -0.2) is 62.0 Å². The van der Waals surface area contributed by atoms with Gasteiger partial charge < -0.3 is 15.2 Å². The number of hydrogen-bond donors (Lipinski definition) is 2. The number of nitrogens with one attached hydrogen (secondary N) is 1. The fourth-order valence-electron chi connectivity index (χ4n) is 3.53. The molecule has 2 aliphatic rings. The van der Waals surface area contributed by atoms with Crippen LogP contribution in [0.15, 0.2) is 28.0 Å². The van der Waals surface area contributed by atoms with Crippen LogP contribution in [0, 0.1) is 6.92 Å². The van der Waals surface area contributed by atoms with Crippen LogP contribution in [0.5, 0.6) is 0 Å². The topological polar surface area (TPSA) is 96.2 Å². The lowest BCUT2D eigenvalue weighted by Gasteiger charge is -2.18. The first-order valence-electron chi connectivity index (χ1n) is 9.73. The maximum Gasteiger partial charge on any atom is 0.267 e. The second-order valence-electron chi connectivity index (χ2n) is 7.14. The number of pyridine rings is 1. The van der Waals surface area contributed by atoms with Crippen LogP contribution in [0.3, 0.4) is 0 Å². The predicted octanol–water partition coefficient (Wildman–Crippen LogP) is 1.79. The summed E-state index contributed by atoms with van der Waals surface area (Å²) in [5.74, 6) is 0.0927. The SMILES string of the molecule is Cc1cccn2c(=O)c(/C=C3/SC(=S)N(C[C@@H]4CCCO4)C3=O)c(NCCO)nc12. The maximum absolute atomic E-state index is 13.2. The number of aliphatic hydroxyl groups excluding tert-OH is 1. The normalized spacial score (nSPS) is 20.7. The van der Waals surface area contributed by atoms with Crippen LogP contribution in [0.4, 0.5) is 5.82 Å². The first-order chi connectivity index (χ1) is 14.5. The van der Waals surface area contributed by atoms with Gasteiger partial charge in [0.15, 0.2) is 0 Å². The molecule has 0 spiro atoms. The van der Waals surface area contributed by atoms with E-state index in [4.69, 9.17) is 17.0 Å². The van der Waals surface area contributed by atoms with E-state index in [0.717, 1.165) is 18.4 Å². The molecule has 2 aromatic rings. The van der Waals surface area contributed by atoms with Gasteiger partial charge in [0.1, 0.15) is 15.8 Å². The molecular weight excluding hydrogens is 424 g/mol. The van der Waals surface area contributed by atoms with E-state index in [1.807, 2.05) is 13.0 Å². The van der Waals surface area contributed by atoms with Gasteiger partial charge in [0, 0.05) is 19.3 Å². The third kappa shape index (κ3) is 4.00. The van der Waals surface area contributed by atoms with Gasteiger partial charge in [-0.3, -0.25) is 18.9 Å². The number of hydrogen-bond acceptors (Lipinski definition) is 8. The number of aromatic nitrogens is 2. The number of amides is 1. The predicted molar refractivity (Wildman–Crippen MR) is 121 cm³/mol. The summed E-state index contributed by atoms with van der Waals surface area (Å²) in [6.45, 7) is 3.11. The lowest BCUT2D eigenvalue weighted by Crippen LogP contribution is -2.35. The van der Waals surface area contributed by atoms with Crippen molar-refractivity contribution in [3.63, 3.8) is 0 Å². The second-order valence-corrected chi connectivity index (χ2v) is 8.82. The zero-order valence-corrected chi connectivity index (χ0v) is 18.1. The van der Waals surface area contributed by atoms with Crippen molar-refractivity contribution < 1.29 is 14.6 Å². The Balaban J connectivity index is 1.73. The van der Waals surface area contributed by atoms with Gasteiger partial charge in [-0.05, 0) is 37.5 Å². The minimum atomic E-state index is -0.298. The second kappa shape index (κ2) is 8.84. The number of ether oxygens (including phenoxy) is 1. The summed E-state index contributed by atoms with van der Waals surface area (Å²) in [4.78, 5) is 32.6. The van der Waals surface area contributed by atoms with Gasteiger partial charge in [-0.15, -0.1) is 0 Å². The Hall–Kier alpha value is -2.27. The molecule has 0 unspecified atom stereocenters. The number of aryl methyl sites for hydroxylation is 1. The molecule has 2 N–H and O–H groups in total. The summed E-state index contributed by atoms with van der Waals surface area (Å²) < 4.78 is 7.54. The molecule has 1 amide bonds. The van der Waals surface area contributed by atoms with E-state index in [2.05, 4.69) is 10.3 Å². The highest BCUT2D eigenvalue weighted by Gasteiger charge is 2.35. The van der Waals surface area contributed by atoms with Crippen LogP contribution in [0.25, 0.3) is 11.7 Å². The molecule has 2 aromatic heterocycles. The lowest BCUT2D eigenvalue weighted by molar-refractivity contribution is -0.123. The molecule has 4 heterocycles. The van der Waals surface area contributed by atoms with Crippen molar-refractivity contribution in [2.45, 2.75) is 25.9 Å². The third-order valence-corrected chi connectivity index (χ3v) is 6.43. The summed E-state index contributed by atoms with van der Waals surface area (Å²) in [6.07, 6.45) is 5.06. The Morgan fingerprint density at radius 2 is 2.30 bits per heavy atom. The summed E-state index contributed by atoms with van der Waals surface area (Å²) in [6, 6.07) is 3.64. The Kier molecular flexibility index (Phi) is 6.19. The largest absolute Gasteiger partial charge is 0.395 e. The van der Waals surface area contributed by atoms with Crippen molar-refractivity contribution in [3.05, 3.63) is 44.7 Å². The van der Waals surface area contributed by atoms with E-state index in [-0.39, 0.29) is 36.3 Å². The molecule has 0 bridgehead atoms. The van der Waals surface area contributed by atoms with Gasteiger partial charge in [-0.25, -0.2) is 4.98 Å². The van der Waals surface area contributed by atoms with Gasteiger partial charge in [0.25, 0.3) is 11.5 Å². The number of carbonyl (C=O) groups excluding carboxylic acids is 1. The van der Waals surface area contributed by atoms with Crippen molar-refractivity contribution >= 4 is 51.7 Å².